The molecule has 0 spiro atoms. The van der Waals surface area contributed by atoms with E-state index in [2.05, 4.69) is 9.26 Å². The Labute approximate surface area is 138 Å². The summed E-state index contributed by atoms with van der Waals surface area (Å²) in [6, 6.07) is 0. The first-order chi connectivity index (χ1) is 7.26. The van der Waals surface area contributed by atoms with Crippen LogP contribution in [0.1, 0.15) is 0 Å². The summed E-state index contributed by atoms with van der Waals surface area (Å²) >= 11 is 0. The van der Waals surface area contributed by atoms with Gasteiger partial charge >= 0.3 is 65.2 Å². The van der Waals surface area contributed by atoms with Crippen LogP contribution in [0.3, 0.4) is 0 Å². The fourth-order valence-corrected chi connectivity index (χ4v) is 1.40. The molecule has 92 valence electrons. The van der Waals surface area contributed by atoms with Crippen molar-refractivity contribution in [2.75, 3.05) is 6.61 Å². The maximum Gasteiger partial charge on any atom is 1.00 e. The number of hydrogen-bond donors (Lipinski definition) is 4. The number of aliphatic hydroxyl groups is 2. The first-order valence-electron chi connectivity index (χ1n) is 3.92. The molecule has 9 nitrogen and oxygen atoms in total. The zero-order valence-corrected chi connectivity index (χ0v) is 12.7. The van der Waals surface area contributed by atoms with Crippen molar-refractivity contribution in [2.24, 2.45) is 0 Å². The van der Waals surface area contributed by atoms with Gasteiger partial charge in [0.05, 0.1) is 6.61 Å². The minimum Gasteiger partial charge on any atom is -0.870 e. The first-order valence-corrected chi connectivity index (χ1v) is 5.45. The van der Waals surface area contributed by atoms with Crippen molar-refractivity contribution < 1.29 is 95.1 Å². The van der Waals surface area contributed by atoms with Crippen LogP contribution in [0, 0.1) is 0 Å². The molecule has 0 fully saturated rings. The Balaban J connectivity index is 0.00000256. The zero-order chi connectivity index (χ0) is 12.5. The number of rotatable bonds is 4. The number of phosphoric acid groups is 1. The summed E-state index contributed by atoms with van der Waals surface area (Å²) in [5.74, 6) is -3.81. The Morgan fingerprint density at radius 1 is 1.53 bits per heavy atom. The Kier molecular flexibility index (Phi) is 6.82. The number of esters is 1. The van der Waals surface area contributed by atoms with Crippen LogP contribution in [-0.2, 0) is 18.6 Å². The maximum absolute atomic E-state index is 11.3. The summed E-state index contributed by atoms with van der Waals surface area (Å²) in [5.41, 5.74) is 0. The van der Waals surface area contributed by atoms with E-state index < -0.39 is 44.1 Å². The SMILES string of the molecule is O=C1O[C@H]([C@@H](O)CO)C([O-])=C1OP(=O)(O)O.[K+]. The van der Waals surface area contributed by atoms with Gasteiger partial charge in [0.2, 0.25) is 5.76 Å². The molecule has 0 aromatic rings. The normalized spacial score (nSPS) is 21.9. The van der Waals surface area contributed by atoms with Crippen molar-refractivity contribution in [1.29, 1.82) is 0 Å². The van der Waals surface area contributed by atoms with Crippen molar-refractivity contribution in [3.63, 3.8) is 0 Å². The second-order valence-electron chi connectivity index (χ2n) is 2.85. The van der Waals surface area contributed by atoms with Gasteiger partial charge in [-0.15, -0.1) is 0 Å². The molecule has 11 heteroatoms. The van der Waals surface area contributed by atoms with E-state index in [9.17, 15) is 14.5 Å². The predicted octanol–water partition coefficient (Wildman–Crippen LogP) is -6.05. The maximum atomic E-state index is 11.3. The Hall–Kier alpha value is 0.516. The van der Waals surface area contributed by atoms with Crippen LogP contribution in [0.15, 0.2) is 11.5 Å². The van der Waals surface area contributed by atoms with Crippen molar-refractivity contribution in [1.82, 2.24) is 0 Å². The molecule has 0 aromatic carbocycles. The van der Waals surface area contributed by atoms with E-state index in [4.69, 9.17) is 20.0 Å². The molecule has 0 saturated heterocycles. The van der Waals surface area contributed by atoms with Crippen LogP contribution in [-0.4, -0.2) is 44.8 Å². The van der Waals surface area contributed by atoms with Crippen molar-refractivity contribution in [3.05, 3.63) is 11.5 Å². The quantitative estimate of drug-likeness (QED) is 0.225. The summed E-state index contributed by atoms with van der Waals surface area (Å²) in [6.07, 6.45) is -3.38. The molecule has 0 saturated carbocycles. The Bertz CT molecular complexity index is 374. The predicted molar refractivity (Wildman–Crippen MR) is 43.1 cm³/mol. The third-order valence-electron chi connectivity index (χ3n) is 1.65. The summed E-state index contributed by atoms with van der Waals surface area (Å²) in [7, 11) is -5.06. The number of hydrogen-bond acceptors (Lipinski definition) is 7. The van der Waals surface area contributed by atoms with E-state index in [-0.39, 0.29) is 51.4 Å². The largest absolute Gasteiger partial charge is 1.00 e. The van der Waals surface area contributed by atoms with Gasteiger partial charge in [0.25, 0.3) is 0 Å². The molecule has 0 aliphatic carbocycles. The molecule has 4 N–H and O–H groups in total. The number of carbonyl (C=O) groups is 1. The van der Waals surface area contributed by atoms with Crippen LogP contribution < -0.4 is 56.5 Å². The number of phosphoric ester groups is 1. The van der Waals surface area contributed by atoms with Gasteiger partial charge in [-0.2, -0.15) is 0 Å². The molecule has 17 heavy (non-hydrogen) atoms. The van der Waals surface area contributed by atoms with Crippen LogP contribution in [0.2, 0.25) is 0 Å². The molecule has 0 bridgehead atoms. The van der Waals surface area contributed by atoms with Gasteiger partial charge in [-0.1, -0.05) is 0 Å². The topological polar surface area (TPSA) is 157 Å². The van der Waals surface area contributed by atoms with Gasteiger partial charge in [0.15, 0.2) is 0 Å². The van der Waals surface area contributed by atoms with Gasteiger partial charge in [-0.3, -0.25) is 9.79 Å². The molecule has 0 amide bonds. The number of carbonyl (C=O) groups excluding carboxylic acids is 1. The number of ether oxygens (including phenoxy) is 1. The van der Waals surface area contributed by atoms with Crippen LogP contribution in [0.4, 0.5) is 0 Å². The van der Waals surface area contributed by atoms with E-state index >= 15 is 0 Å². The van der Waals surface area contributed by atoms with Gasteiger partial charge < -0.3 is 24.6 Å². The second kappa shape index (κ2) is 6.62. The Morgan fingerprint density at radius 2 is 2.06 bits per heavy atom. The Morgan fingerprint density at radius 3 is 2.47 bits per heavy atom. The number of aliphatic hydroxyl groups excluding tert-OH is 2. The average Bonchev–Trinajstić information content (AvgIpc) is 2.42. The van der Waals surface area contributed by atoms with Crippen molar-refractivity contribution in [2.45, 2.75) is 12.2 Å². The molecular weight excluding hydrogens is 286 g/mol. The van der Waals surface area contributed by atoms with E-state index in [1.807, 2.05) is 0 Å². The van der Waals surface area contributed by atoms with Crippen LogP contribution >= 0.6 is 7.82 Å². The molecule has 0 aromatic heterocycles. The fourth-order valence-electron chi connectivity index (χ4n) is 1.00. The first kappa shape index (κ1) is 17.5. The van der Waals surface area contributed by atoms with Gasteiger partial charge in [-0.25, -0.2) is 9.36 Å². The van der Waals surface area contributed by atoms with Gasteiger partial charge in [-0.05, 0) is 5.76 Å². The average molecular weight is 294 g/mol. The molecular formula is C6H8KO9P. The second-order valence-corrected chi connectivity index (χ2v) is 4.01. The third-order valence-corrected chi connectivity index (χ3v) is 2.07. The summed E-state index contributed by atoms with van der Waals surface area (Å²) in [5, 5.41) is 28.8. The minimum absolute atomic E-state index is 0. The van der Waals surface area contributed by atoms with Crippen LogP contribution in [0.25, 0.3) is 0 Å². The smallest absolute Gasteiger partial charge is 0.870 e. The van der Waals surface area contributed by atoms with Crippen LogP contribution in [0.5, 0.6) is 0 Å². The molecule has 1 aliphatic rings. The monoisotopic (exact) mass is 294 g/mol. The van der Waals surface area contributed by atoms with Gasteiger partial charge in [0.1, 0.15) is 12.2 Å². The number of cyclic esters (lactones) is 1. The summed E-state index contributed by atoms with van der Waals surface area (Å²) in [6.45, 7) is -0.854. The molecule has 0 unspecified atom stereocenters. The standard InChI is InChI=1S/C6H9O9P.K/c7-1-2(8)4-3(9)5(6(10)14-4)15-16(11,12)13;/h2,4,7-9H,1H2,(H2,11,12,13);/q;+1/p-1/t2-,4+;/m0./s1. The fraction of sp³-hybridized carbons (Fsp3) is 0.500. The van der Waals surface area contributed by atoms with E-state index in [0.29, 0.717) is 0 Å². The summed E-state index contributed by atoms with van der Waals surface area (Å²) in [4.78, 5) is 27.7. The van der Waals surface area contributed by atoms with E-state index in [1.54, 1.807) is 0 Å². The van der Waals surface area contributed by atoms with Crippen molar-refractivity contribution >= 4 is 13.8 Å². The minimum atomic E-state index is -5.06. The van der Waals surface area contributed by atoms with Gasteiger partial charge in [0, 0.05) is 0 Å². The molecule has 1 heterocycles. The van der Waals surface area contributed by atoms with Crippen molar-refractivity contribution in [3.8, 4) is 0 Å². The molecule has 1 aliphatic heterocycles. The van der Waals surface area contributed by atoms with E-state index in [0.717, 1.165) is 0 Å². The molecule has 2 atom stereocenters. The van der Waals surface area contributed by atoms with E-state index in [1.165, 1.54) is 0 Å². The summed E-state index contributed by atoms with van der Waals surface area (Å²) < 4.78 is 18.5. The molecule has 0 radical (unpaired) electrons. The third kappa shape index (κ3) is 4.60. The zero-order valence-electron chi connectivity index (χ0n) is 8.64. The molecule has 1 rings (SSSR count).